The average molecular weight is 1150 g/mol. The van der Waals surface area contributed by atoms with Gasteiger partial charge in [-0.05, 0) is 212 Å². The summed E-state index contributed by atoms with van der Waals surface area (Å²) in [4.78, 5) is 24.8. The first-order valence-corrected chi connectivity index (χ1v) is 35.0. The highest BCUT2D eigenvalue weighted by atomic mass is 16.5. The molecule has 22 unspecified atom stereocenters. The molecule has 2 saturated heterocycles. The van der Waals surface area contributed by atoms with E-state index in [4.69, 9.17) is 18.9 Å². The van der Waals surface area contributed by atoms with Crippen LogP contribution in [0.25, 0.3) is 0 Å². The molecule has 0 amide bonds. The monoisotopic (exact) mass is 1150 g/mol. The lowest BCUT2D eigenvalue weighted by Crippen LogP contribution is -2.74. The molecule has 8 fully saturated rings. The predicted octanol–water partition coefficient (Wildman–Crippen LogP) is 11.7. The molecular formula is C68H124N6O8. The van der Waals surface area contributed by atoms with Crippen molar-refractivity contribution in [2.45, 2.75) is 309 Å². The Morgan fingerprint density at radius 1 is 0.329 bits per heavy atom. The van der Waals surface area contributed by atoms with Crippen LogP contribution in [-0.2, 0) is 28.5 Å². The van der Waals surface area contributed by atoms with E-state index in [2.05, 4.69) is 87.3 Å². The largest absolute Gasteiger partial charge is 0.466 e. The molecule has 2 aliphatic heterocycles. The molecule has 8 rings (SSSR count). The van der Waals surface area contributed by atoms with E-state index in [1.165, 1.54) is 77.0 Å². The molecule has 0 aromatic carbocycles. The molecule has 474 valence electrons. The second-order valence-electron chi connectivity index (χ2n) is 29.7. The summed E-state index contributed by atoms with van der Waals surface area (Å²) in [5, 5.41) is 47.6. The van der Waals surface area contributed by atoms with Crippen molar-refractivity contribution in [3.05, 3.63) is 0 Å². The maximum Gasteiger partial charge on any atom is 0.305 e. The topological polar surface area (TPSA) is 184 Å². The summed E-state index contributed by atoms with van der Waals surface area (Å²) in [5.41, 5.74) is 0. The standard InChI is InChI=1S/C68H124N6O8/c1-43-21-27-53(47(5)37-43)63-69-64(54-28-22-44(2)38-48(54)6)72-67(71-63)57-31-25-51(41-59(57)75)79-33-15-9-11-17-35-81-61(77)19-13-14-20-62(78)82-36-18-12-10-16-34-80-52-26-32-58(60(76)42-52)68-73-65(55-29-23-45(3)39-49(55)7)70-66(74-68)56-30-24-46(4)40-50(56)8/h43-60,63-76H,9-42H2,1-8H3. The third-order valence-electron chi connectivity index (χ3n) is 22.7. The van der Waals surface area contributed by atoms with Crippen LogP contribution >= 0.6 is 0 Å². The smallest absolute Gasteiger partial charge is 0.305 e. The van der Waals surface area contributed by atoms with Crippen LogP contribution in [0.1, 0.15) is 248 Å². The van der Waals surface area contributed by atoms with E-state index >= 15 is 0 Å². The van der Waals surface area contributed by atoms with Crippen LogP contribution in [0.3, 0.4) is 0 Å². The molecule has 2 heterocycles. The summed E-state index contributed by atoms with van der Waals surface area (Å²) in [5.74, 6) is 8.42. The normalized spacial score (nSPS) is 42.3. The first-order valence-electron chi connectivity index (χ1n) is 35.0. The lowest BCUT2D eigenvalue weighted by molar-refractivity contribution is -0.146. The molecule has 0 spiro atoms. The SMILES string of the molecule is CC1CCC(C2NC(C3CCC(C)CC3C)NC(C3CCC(OCCCCCCOC(=O)CCCCC(=O)OCCCCCCOC4CCC(C5NC(C6CCC(C)CC6C)NC(C6CCC(C)CC6C)N5)C(O)C4)CC3O)N2)C(C)C1. The van der Waals surface area contributed by atoms with Gasteiger partial charge in [-0.2, -0.15) is 0 Å². The molecule has 8 N–H and O–H groups in total. The fourth-order valence-corrected chi connectivity index (χ4v) is 17.7. The third kappa shape index (κ3) is 20.0. The predicted molar refractivity (Wildman–Crippen MR) is 328 cm³/mol. The molecule has 0 aromatic heterocycles. The summed E-state index contributed by atoms with van der Waals surface area (Å²) >= 11 is 0. The van der Waals surface area contributed by atoms with E-state index in [1.54, 1.807) is 0 Å². The van der Waals surface area contributed by atoms with E-state index in [1.807, 2.05) is 0 Å². The van der Waals surface area contributed by atoms with Gasteiger partial charge in [-0.1, -0.05) is 93.9 Å². The number of aliphatic hydroxyl groups excluding tert-OH is 2. The Morgan fingerprint density at radius 3 is 0.878 bits per heavy atom. The van der Waals surface area contributed by atoms with Crippen LogP contribution in [0.5, 0.6) is 0 Å². The zero-order valence-corrected chi connectivity index (χ0v) is 53.2. The van der Waals surface area contributed by atoms with Crippen molar-refractivity contribution in [1.82, 2.24) is 31.9 Å². The van der Waals surface area contributed by atoms with Crippen LogP contribution in [0, 0.1) is 82.9 Å². The molecule has 6 saturated carbocycles. The Kier molecular flexibility index (Phi) is 27.4. The van der Waals surface area contributed by atoms with Crippen LogP contribution < -0.4 is 31.9 Å². The Bertz CT molecular complexity index is 1660. The Hall–Kier alpha value is -1.46. The van der Waals surface area contributed by atoms with Crippen LogP contribution in [-0.4, -0.2) is 110 Å². The number of rotatable bonds is 27. The fraction of sp³-hybridized carbons (Fsp3) is 0.971. The number of esters is 2. The maximum atomic E-state index is 12.4. The summed E-state index contributed by atoms with van der Waals surface area (Å²) in [6, 6.07) is 0. The molecule has 0 bridgehead atoms. The third-order valence-corrected chi connectivity index (χ3v) is 22.7. The van der Waals surface area contributed by atoms with Gasteiger partial charge in [0.1, 0.15) is 0 Å². The van der Waals surface area contributed by atoms with Crippen LogP contribution in [0.15, 0.2) is 0 Å². The highest BCUT2D eigenvalue weighted by Crippen LogP contribution is 2.43. The minimum Gasteiger partial charge on any atom is -0.466 e. The molecule has 14 nitrogen and oxygen atoms in total. The van der Waals surface area contributed by atoms with E-state index in [0.29, 0.717) is 112 Å². The Morgan fingerprint density at radius 2 is 0.598 bits per heavy atom. The first-order chi connectivity index (χ1) is 39.6. The number of hydrogen-bond donors (Lipinski definition) is 8. The second-order valence-corrected chi connectivity index (χ2v) is 29.7. The van der Waals surface area contributed by atoms with Crippen molar-refractivity contribution < 1.29 is 38.7 Å². The van der Waals surface area contributed by atoms with Gasteiger partial charge in [-0.25, -0.2) is 0 Å². The average Bonchev–Trinajstić information content (AvgIpc) is 3.53. The number of hydrogen-bond acceptors (Lipinski definition) is 14. The van der Waals surface area contributed by atoms with E-state index < -0.39 is 12.2 Å². The Labute approximate surface area is 499 Å². The summed E-state index contributed by atoms with van der Waals surface area (Å²) in [6.45, 7) is 21.7. The molecule has 14 heteroatoms. The van der Waals surface area contributed by atoms with Gasteiger partial charge in [-0.15, -0.1) is 0 Å². The maximum absolute atomic E-state index is 12.4. The molecule has 22 atom stereocenters. The number of unbranched alkanes of at least 4 members (excludes halogenated alkanes) is 7. The summed E-state index contributed by atoms with van der Waals surface area (Å²) < 4.78 is 23.7. The molecule has 82 heavy (non-hydrogen) atoms. The number of aliphatic hydroxyl groups is 2. The lowest BCUT2D eigenvalue weighted by Gasteiger charge is -2.52. The van der Waals surface area contributed by atoms with Gasteiger partial charge in [0, 0.05) is 37.9 Å². The van der Waals surface area contributed by atoms with Crippen molar-refractivity contribution in [3.8, 4) is 0 Å². The zero-order chi connectivity index (χ0) is 58.1. The summed E-state index contributed by atoms with van der Waals surface area (Å²) in [6.07, 6.45) is 31.1. The molecule has 0 radical (unpaired) electrons. The summed E-state index contributed by atoms with van der Waals surface area (Å²) in [7, 11) is 0. The van der Waals surface area contributed by atoms with Gasteiger partial charge in [0.15, 0.2) is 0 Å². The van der Waals surface area contributed by atoms with Crippen LogP contribution in [0.2, 0.25) is 0 Å². The van der Waals surface area contributed by atoms with E-state index in [9.17, 15) is 19.8 Å². The van der Waals surface area contributed by atoms with Crippen molar-refractivity contribution in [2.24, 2.45) is 82.9 Å². The molecule has 8 aliphatic rings. The second kappa shape index (κ2) is 33.8. The lowest BCUT2D eigenvalue weighted by atomic mass is 9.71. The molecule has 0 aromatic rings. The van der Waals surface area contributed by atoms with Gasteiger partial charge in [-0.3, -0.25) is 41.5 Å². The van der Waals surface area contributed by atoms with Crippen molar-refractivity contribution >= 4 is 11.9 Å². The Balaban J connectivity index is 0.602. The van der Waals surface area contributed by atoms with Gasteiger partial charge in [0.2, 0.25) is 0 Å². The van der Waals surface area contributed by atoms with E-state index in [0.717, 1.165) is 101 Å². The number of carbonyl (C=O) groups is 2. The van der Waals surface area contributed by atoms with Crippen molar-refractivity contribution in [3.63, 3.8) is 0 Å². The van der Waals surface area contributed by atoms with Gasteiger partial charge < -0.3 is 29.2 Å². The van der Waals surface area contributed by atoms with Gasteiger partial charge in [0.25, 0.3) is 0 Å². The number of ether oxygens (including phenoxy) is 4. The number of carbonyl (C=O) groups excluding carboxylic acids is 2. The van der Waals surface area contributed by atoms with Crippen molar-refractivity contribution in [2.75, 3.05) is 26.4 Å². The number of nitrogens with one attached hydrogen (secondary N) is 6. The van der Waals surface area contributed by atoms with E-state index in [-0.39, 0.29) is 73.0 Å². The highest BCUT2D eigenvalue weighted by molar-refractivity contribution is 5.70. The quantitative estimate of drug-likeness (QED) is 0.0287. The minimum atomic E-state index is -0.391. The first kappa shape index (κ1) is 66.5. The van der Waals surface area contributed by atoms with Gasteiger partial charge >= 0.3 is 11.9 Å². The minimum absolute atomic E-state index is 0.101. The fourth-order valence-electron chi connectivity index (χ4n) is 17.7. The zero-order valence-electron chi connectivity index (χ0n) is 53.2. The van der Waals surface area contributed by atoms with Crippen LogP contribution in [0.4, 0.5) is 0 Å². The van der Waals surface area contributed by atoms with Gasteiger partial charge in [0.05, 0.1) is 74.6 Å². The highest BCUT2D eigenvalue weighted by Gasteiger charge is 2.47. The molecule has 6 aliphatic carbocycles. The van der Waals surface area contributed by atoms with Crippen molar-refractivity contribution in [1.29, 1.82) is 0 Å². The molecular weight excluding hydrogens is 1030 g/mol.